The van der Waals surface area contributed by atoms with Crippen LogP contribution in [-0.4, -0.2) is 18.5 Å². The van der Waals surface area contributed by atoms with Crippen LogP contribution >= 0.6 is 15.9 Å². The SMILES string of the molecule is Cc1ccccc1C(=O)OCC(=O)Nc1ccc(Br)cc1F. The second-order valence-corrected chi connectivity index (χ2v) is 5.48. The Labute approximate surface area is 135 Å². The van der Waals surface area contributed by atoms with Crippen molar-refractivity contribution in [2.75, 3.05) is 11.9 Å². The molecule has 2 aromatic carbocycles. The summed E-state index contributed by atoms with van der Waals surface area (Å²) in [5, 5.41) is 2.35. The van der Waals surface area contributed by atoms with Gasteiger partial charge < -0.3 is 10.1 Å². The first-order valence-corrected chi connectivity index (χ1v) is 7.24. The van der Waals surface area contributed by atoms with Crippen molar-refractivity contribution in [1.29, 1.82) is 0 Å². The maximum absolute atomic E-state index is 13.6. The van der Waals surface area contributed by atoms with Crippen molar-refractivity contribution in [2.45, 2.75) is 6.92 Å². The molecule has 114 valence electrons. The van der Waals surface area contributed by atoms with Crippen LogP contribution in [0, 0.1) is 12.7 Å². The number of benzene rings is 2. The minimum atomic E-state index is -0.608. The molecular weight excluding hydrogens is 353 g/mol. The van der Waals surface area contributed by atoms with Crippen LogP contribution in [-0.2, 0) is 9.53 Å². The molecule has 0 spiro atoms. The second kappa shape index (κ2) is 7.17. The first-order chi connectivity index (χ1) is 10.5. The van der Waals surface area contributed by atoms with E-state index in [1.165, 1.54) is 12.1 Å². The summed E-state index contributed by atoms with van der Waals surface area (Å²) >= 11 is 3.12. The number of halogens is 2. The fourth-order valence-electron chi connectivity index (χ4n) is 1.79. The third-order valence-electron chi connectivity index (χ3n) is 2.90. The van der Waals surface area contributed by atoms with Crippen LogP contribution in [0.3, 0.4) is 0 Å². The molecule has 0 unspecified atom stereocenters. The number of aryl methyl sites for hydroxylation is 1. The lowest BCUT2D eigenvalue weighted by Gasteiger charge is -2.08. The zero-order chi connectivity index (χ0) is 16.1. The molecule has 0 aromatic heterocycles. The van der Waals surface area contributed by atoms with Crippen LogP contribution in [0.15, 0.2) is 46.9 Å². The van der Waals surface area contributed by atoms with Crippen molar-refractivity contribution in [3.05, 3.63) is 63.9 Å². The highest BCUT2D eigenvalue weighted by molar-refractivity contribution is 9.10. The molecule has 6 heteroatoms. The maximum Gasteiger partial charge on any atom is 0.338 e. The van der Waals surface area contributed by atoms with E-state index in [0.717, 1.165) is 5.56 Å². The molecule has 0 aliphatic heterocycles. The molecular formula is C16H13BrFNO3. The standard InChI is InChI=1S/C16H13BrFNO3/c1-10-4-2-3-5-12(10)16(21)22-9-15(20)19-14-7-6-11(17)8-13(14)18/h2-8H,9H2,1H3,(H,19,20). The summed E-state index contributed by atoms with van der Waals surface area (Å²) in [4.78, 5) is 23.6. The Morgan fingerprint density at radius 3 is 2.64 bits per heavy atom. The zero-order valence-electron chi connectivity index (χ0n) is 11.7. The molecule has 0 radical (unpaired) electrons. The van der Waals surface area contributed by atoms with Gasteiger partial charge in [0.1, 0.15) is 5.82 Å². The lowest BCUT2D eigenvalue weighted by molar-refractivity contribution is -0.119. The minimum absolute atomic E-state index is 0.0279. The quantitative estimate of drug-likeness (QED) is 0.840. The smallest absolute Gasteiger partial charge is 0.338 e. The van der Waals surface area contributed by atoms with Crippen LogP contribution in [0.2, 0.25) is 0 Å². The summed E-state index contributed by atoms with van der Waals surface area (Å²) < 4.78 is 19.1. The number of anilines is 1. The molecule has 0 fully saturated rings. The number of carbonyl (C=O) groups is 2. The number of nitrogens with one attached hydrogen (secondary N) is 1. The number of hydrogen-bond donors (Lipinski definition) is 1. The van der Waals surface area contributed by atoms with Crippen molar-refractivity contribution in [1.82, 2.24) is 0 Å². The topological polar surface area (TPSA) is 55.4 Å². The summed E-state index contributed by atoms with van der Waals surface area (Å²) in [7, 11) is 0. The molecule has 2 rings (SSSR count). The van der Waals surface area contributed by atoms with E-state index in [9.17, 15) is 14.0 Å². The molecule has 0 aliphatic rings. The van der Waals surface area contributed by atoms with E-state index in [-0.39, 0.29) is 5.69 Å². The van der Waals surface area contributed by atoms with Crippen LogP contribution < -0.4 is 5.32 Å². The van der Waals surface area contributed by atoms with Gasteiger partial charge >= 0.3 is 5.97 Å². The summed E-state index contributed by atoms with van der Waals surface area (Å²) in [6.07, 6.45) is 0. The average Bonchev–Trinajstić information content (AvgIpc) is 2.48. The summed E-state index contributed by atoms with van der Waals surface area (Å²) in [6.45, 7) is 1.29. The summed E-state index contributed by atoms with van der Waals surface area (Å²) in [5.41, 5.74) is 1.18. The average molecular weight is 366 g/mol. The van der Waals surface area contributed by atoms with Gasteiger partial charge in [-0.05, 0) is 36.8 Å². The van der Waals surface area contributed by atoms with Crippen molar-refractivity contribution < 1.29 is 18.7 Å². The van der Waals surface area contributed by atoms with Crippen molar-refractivity contribution in [2.24, 2.45) is 0 Å². The molecule has 0 bridgehead atoms. The zero-order valence-corrected chi connectivity index (χ0v) is 13.3. The van der Waals surface area contributed by atoms with Gasteiger partial charge in [0.25, 0.3) is 5.91 Å². The van der Waals surface area contributed by atoms with Crippen LogP contribution in [0.25, 0.3) is 0 Å². The highest BCUT2D eigenvalue weighted by atomic mass is 79.9. The molecule has 0 heterocycles. The van der Waals surface area contributed by atoms with Crippen LogP contribution in [0.4, 0.5) is 10.1 Å². The Morgan fingerprint density at radius 1 is 1.23 bits per heavy atom. The summed E-state index contributed by atoms with van der Waals surface area (Å²) in [5.74, 6) is -1.78. The third-order valence-corrected chi connectivity index (χ3v) is 3.40. The van der Waals surface area contributed by atoms with Gasteiger partial charge in [-0.1, -0.05) is 34.1 Å². The molecule has 22 heavy (non-hydrogen) atoms. The van der Waals surface area contributed by atoms with Crippen LogP contribution in [0.5, 0.6) is 0 Å². The monoisotopic (exact) mass is 365 g/mol. The van der Waals surface area contributed by atoms with E-state index in [1.54, 1.807) is 37.3 Å². The number of carbonyl (C=O) groups excluding carboxylic acids is 2. The predicted molar refractivity (Wildman–Crippen MR) is 84.2 cm³/mol. The van der Waals surface area contributed by atoms with E-state index in [2.05, 4.69) is 21.2 Å². The fraction of sp³-hybridized carbons (Fsp3) is 0.125. The van der Waals surface area contributed by atoms with Gasteiger partial charge in [-0.2, -0.15) is 0 Å². The van der Waals surface area contributed by atoms with Gasteiger partial charge in [0, 0.05) is 4.47 Å². The van der Waals surface area contributed by atoms with Gasteiger partial charge in [0.15, 0.2) is 6.61 Å². The first-order valence-electron chi connectivity index (χ1n) is 6.45. The number of amides is 1. The molecule has 0 saturated carbocycles. The number of ether oxygens (including phenoxy) is 1. The number of rotatable bonds is 4. The van der Waals surface area contributed by atoms with Crippen molar-refractivity contribution in [3.8, 4) is 0 Å². The third kappa shape index (κ3) is 4.14. The lowest BCUT2D eigenvalue weighted by atomic mass is 10.1. The van der Waals surface area contributed by atoms with Crippen molar-refractivity contribution in [3.63, 3.8) is 0 Å². The highest BCUT2D eigenvalue weighted by Gasteiger charge is 2.13. The second-order valence-electron chi connectivity index (χ2n) is 4.56. The first kappa shape index (κ1) is 16.2. The molecule has 0 aliphatic carbocycles. The highest BCUT2D eigenvalue weighted by Crippen LogP contribution is 2.19. The Hall–Kier alpha value is -2.21. The largest absolute Gasteiger partial charge is 0.452 e. The molecule has 0 atom stereocenters. The van der Waals surface area contributed by atoms with Gasteiger partial charge in [0.05, 0.1) is 11.3 Å². The number of hydrogen-bond acceptors (Lipinski definition) is 3. The minimum Gasteiger partial charge on any atom is -0.452 e. The lowest BCUT2D eigenvalue weighted by Crippen LogP contribution is -2.21. The Bertz CT molecular complexity index is 718. The Kier molecular flexibility index (Phi) is 5.27. The number of esters is 1. The molecule has 1 amide bonds. The molecule has 2 aromatic rings. The van der Waals surface area contributed by atoms with Crippen LogP contribution in [0.1, 0.15) is 15.9 Å². The Morgan fingerprint density at radius 2 is 1.95 bits per heavy atom. The van der Waals surface area contributed by atoms with Gasteiger partial charge in [-0.25, -0.2) is 9.18 Å². The molecule has 1 N–H and O–H groups in total. The predicted octanol–water partition coefficient (Wildman–Crippen LogP) is 3.69. The van der Waals surface area contributed by atoms with E-state index < -0.39 is 24.3 Å². The maximum atomic E-state index is 13.6. The van der Waals surface area contributed by atoms with E-state index >= 15 is 0 Å². The molecule has 4 nitrogen and oxygen atoms in total. The van der Waals surface area contributed by atoms with Gasteiger partial charge in [0.2, 0.25) is 0 Å². The normalized spacial score (nSPS) is 10.1. The van der Waals surface area contributed by atoms with Gasteiger partial charge in [-0.15, -0.1) is 0 Å². The fourth-order valence-corrected chi connectivity index (χ4v) is 2.12. The van der Waals surface area contributed by atoms with Gasteiger partial charge in [-0.3, -0.25) is 4.79 Å². The van der Waals surface area contributed by atoms with E-state index in [0.29, 0.717) is 10.0 Å². The van der Waals surface area contributed by atoms with E-state index in [1.807, 2.05) is 0 Å². The van der Waals surface area contributed by atoms with E-state index in [4.69, 9.17) is 4.74 Å². The summed E-state index contributed by atoms with van der Waals surface area (Å²) in [6, 6.07) is 11.1. The van der Waals surface area contributed by atoms with Crippen molar-refractivity contribution >= 4 is 33.5 Å². The Balaban J connectivity index is 1.93. The molecule has 0 saturated heterocycles.